The van der Waals surface area contributed by atoms with E-state index in [1.807, 2.05) is 73.1 Å². The molecule has 8 bridgehead atoms. The third kappa shape index (κ3) is 6.70. The third-order valence-corrected chi connectivity index (χ3v) is 10.9. The first-order valence-electron chi connectivity index (χ1n) is 17.9. The van der Waals surface area contributed by atoms with Crippen LogP contribution in [-0.2, 0) is 59.9 Å². The SMILES string of the molecule is COCC[C@@]1(C)OCc2cc(n(C)n2)CCc2cc(c3ccc(F)cc3c2)OCCCn2c(C(=O)OC)c(C)c3c(c(Cl)ccc32)-c2c1nn(C)c2C. The number of hydrogen-bond donors (Lipinski definition) is 0. The minimum atomic E-state index is -0.908. The fourth-order valence-electron chi connectivity index (χ4n) is 7.70. The minimum Gasteiger partial charge on any atom is -0.493 e. The van der Waals surface area contributed by atoms with Gasteiger partial charge in [-0.25, -0.2) is 9.18 Å². The highest BCUT2D eigenvalue weighted by Crippen LogP contribution is 2.46. The van der Waals surface area contributed by atoms with Gasteiger partial charge < -0.3 is 23.5 Å². The standard InChI is InChI=1S/C41H45ClFN5O5/c1-24-35-33-14-13-32(42)37(35)36-25(2)46(4)45-39(36)41(3,15-18-50-6)53-23-29-22-30(47(5)44-29)11-9-26-19-27-21-28(43)10-12-31(27)34(20-26)52-17-8-16-48(33)38(24)40(49)51-7/h10,12-14,19-22H,8-9,11,15-18,23H2,1-7H3/t41-/m1/s1. The van der Waals surface area contributed by atoms with Gasteiger partial charge in [-0.15, -0.1) is 0 Å². The third-order valence-electron chi connectivity index (χ3n) is 10.6. The zero-order valence-electron chi connectivity index (χ0n) is 31.3. The topological polar surface area (TPSA) is 94.6 Å². The summed E-state index contributed by atoms with van der Waals surface area (Å²) in [6, 6.07) is 14.7. The molecule has 53 heavy (non-hydrogen) atoms. The number of fused-ring (bicyclic) bond motifs is 8. The van der Waals surface area contributed by atoms with Crippen molar-refractivity contribution in [2.24, 2.45) is 14.1 Å². The fourth-order valence-corrected chi connectivity index (χ4v) is 7.95. The van der Waals surface area contributed by atoms with Crippen molar-refractivity contribution in [3.8, 4) is 16.9 Å². The first-order chi connectivity index (χ1) is 25.4. The van der Waals surface area contributed by atoms with E-state index in [2.05, 4.69) is 6.07 Å². The van der Waals surface area contributed by atoms with E-state index in [9.17, 15) is 9.18 Å². The average Bonchev–Trinajstić information content (AvgIpc) is 3.75. The number of carbonyl (C=O) groups excluding carboxylic acids is 1. The Kier molecular flexibility index (Phi) is 10.1. The molecule has 0 amide bonds. The molecule has 278 valence electrons. The van der Waals surface area contributed by atoms with Crippen LogP contribution in [0.25, 0.3) is 32.8 Å². The monoisotopic (exact) mass is 741 g/mol. The van der Waals surface area contributed by atoms with Crippen LogP contribution in [0.2, 0.25) is 5.02 Å². The Bertz CT molecular complexity index is 2360. The number of methoxy groups -OCH3 is 2. The van der Waals surface area contributed by atoms with Gasteiger partial charge in [0.2, 0.25) is 0 Å². The van der Waals surface area contributed by atoms with Crippen LogP contribution in [-0.4, -0.2) is 57.5 Å². The van der Waals surface area contributed by atoms with Crippen molar-refractivity contribution >= 4 is 39.2 Å². The number of benzene rings is 3. The Hall–Kier alpha value is -4.71. The lowest BCUT2D eigenvalue weighted by Gasteiger charge is -2.29. The van der Waals surface area contributed by atoms with E-state index in [0.29, 0.717) is 67.6 Å². The summed E-state index contributed by atoms with van der Waals surface area (Å²) in [5.74, 6) is -0.0553. The van der Waals surface area contributed by atoms with Crippen molar-refractivity contribution < 1.29 is 28.1 Å². The number of carbonyl (C=O) groups is 1. The number of hydrogen-bond acceptors (Lipinski definition) is 7. The summed E-state index contributed by atoms with van der Waals surface area (Å²) in [5.41, 5.74) is 7.22. The molecular formula is C41H45ClFN5O5. The molecule has 6 aromatic rings. The number of aromatic nitrogens is 5. The molecule has 3 aromatic carbocycles. The molecule has 3 aromatic heterocycles. The van der Waals surface area contributed by atoms with Crippen molar-refractivity contribution in [1.29, 1.82) is 0 Å². The number of rotatable bonds is 4. The second-order valence-electron chi connectivity index (χ2n) is 14.0. The lowest BCUT2D eigenvalue weighted by atomic mass is 9.88. The molecule has 1 aliphatic heterocycles. The molecule has 1 atom stereocenters. The largest absolute Gasteiger partial charge is 0.493 e. The normalized spacial score (nSPS) is 16.8. The lowest BCUT2D eigenvalue weighted by Crippen LogP contribution is -2.29. The van der Waals surface area contributed by atoms with Crippen LogP contribution in [0.15, 0.2) is 48.5 Å². The summed E-state index contributed by atoms with van der Waals surface area (Å²) < 4.78 is 44.4. The summed E-state index contributed by atoms with van der Waals surface area (Å²) in [4.78, 5) is 13.5. The van der Waals surface area contributed by atoms with Gasteiger partial charge in [0.1, 0.15) is 28.6 Å². The molecule has 10 nitrogen and oxygen atoms in total. The smallest absolute Gasteiger partial charge is 0.354 e. The number of halogens is 2. The van der Waals surface area contributed by atoms with Gasteiger partial charge in [0.15, 0.2) is 0 Å². The van der Waals surface area contributed by atoms with Crippen molar-refractivity contribution in [3.63, 3.8) is 0 Å². The molecule has 0 N–H and O–H groups in total. The van der Waals surface area contributed by atoms with Crippen molar-refractivity contribution in [3.05, 3.63) is 99.0 Å². The van der Waals surface area contributed by atoms with Crippen molar-refractivity contribution in [2.75, 3.05) is 27.4 Å². The van der Waals surface area contributed by atoms with E-state index >= 15 is 0 Å². The van der Waals surface area contributed by atoms with Crippen molar-refractivity contribution in [1.82, 2.24) is 24.1 Å². The molecule has 4 heterocycles. The Morgan fingerprint density at radius 2 is 1.83 bits per heavy atom. The Labute approximate surface area is 313 Å². The molecule has 0 spiro atoms. The quantitative estimate of drug-likeness (QED) is 0.168. The van der Waals surface area contributed by atoms with Crippen LogP contribution in [0.4, 0.5) is 4.39 Å². The zero-order valence-corrected chi connectivity index (χ0v) is 32.1. The van der Waals surface area contributed by atoms with Gasteiger partial charge >= 0.3 is 5.97 Å². The number of esters is 1. The molecular weight excluding hydrogens is 697 g/mol. The van der Waals surface area contributed by atoms with E-state index in [-0.39, 0.29) is 12.4 Å². The first-order valence-corrected chi connectivity index (χ1v) is 18.3. The highest BCUT2D eigenvalue weighted by atomic mass is 35.5. The zero-order chi connectivity index (χ0) is 37.6. The summed E-state index contributed by atoms with van der Waals surface area (Å²) >= 11 is 7.17. The van der Waals surface area contributed by atoms with E-state index in [1.54, 1.807) is 19.2 Å². The van der Waals surface area contributed by atoms with Gasteiger partial charge in [-0.1, -0.05) is 17.7 Å². The lowest BCUT2D eigenvalue weighted by molar-refractivity contribution is -0.0695. The first kappa shape index (κ1) is 36.6. The van der Waals surface area contributed by atoms with Gasteiger partial charge in [0.25, 0.3) is 0 Å². The molecule has 12 heteroatoms. The highest BCUT2D eigenvalue weighted by Gasteiger charge is 2.37. The predicted molar refractivity (Wildman–Crippen MR) is 203 cm³/mol. The van der Waals surface area contributed by atoms with Crippen LogP contribution in [0, 0.1) is 19.7 Å². The minimum absolute atomic E-state index is 0.232. The van der Waals surface area contributed by atoms with Crippen LogP contribution in [0.3, 0.4) is 0 Å². The maximum Gasteiger partial charge on any atom is 0.354 e. The van der Waals surface area contributed by atoms with Crippen LogP contribution >= 0.6 is 11.6 Å². The van der Waals surface area contributed by atoms with E-state index in [1.165, 1.54) is 13.2 Å². The summed E-state index contributed by atoms with van der Waals surface area (Å²) in [6.07, 6.45) is 2.50. The van der Waals surface area contributed by atoms with E-state index in [4.69, 9.17) is 40.7 Å². The molecule has 0 aliphatic carbocycles. The molecule has 0 radical (unpaired) electrons. The number of nitrogens with zero attached hydrogens (tertiary/aromatic N) is 5. The van der Waals surface area contributed by atoms with Gasteiger partial charge in [0.05, 0.1) is 26.0 Å². The molecule has 0 fully saturated rings. The maximum atomic E-state index is 14.4. The maximum absolute atomic E-state index is 14.4. The Morgan fingerprint density at radius 1 is 1.02 bits per heavy atom. The average molecular weight is 742 g/mol. The Balaban J connectivity index is 1.43. The van der Waals surface area contributed by atoms with Gasteiger partial charge in [0, 0.05) is 84.6 Å². The second kappa shape index (κ2) is 14.6. The molecule has 7 rings (SSSR count). The summed E-state index contributed by atoms with van der Waals surface area (Å²) in [6.45, 7) is 7.47. The van der Waals surface area contributed by atoms with Crippen LogP contribution in [0.5, 0.6) is 5.75 Å². The second-order valence-corrected chi connectivity index (χ2v) is 14.4. The highest BCUT2D eigenvalue weighted by molar-refractivity contribution is 6.35. The summed E-state index contributed by atoms with van der Waals surface area (Å²) in [7, 11) is 6.91. The number of aryl methyl sites for hydroxylation is 6. The fraction of sp³-hybridized carbons (Fsp3) is 0.390. The molecule has 0 unspecified atom stereocenters. The van der Waals surface area contributed by atoms with E-state index in [0.717, 1.165) is 61.0 Å². The van der Waals surface area contributed by atoms with E-state index < -0.39 is 11.6 Å². The van der Waals surface area contributed by atoms with Gasteiger partial charge in [-0.3, -0.25) is 9.36 Å². The molecule has 1 aliphatic rings. The summed E-state index contributed by atoms with van der Waals surface area (Å²) in [5, 5.41) is 12.9. The number of ether oxygens (including phenoxy) is 4. The van der Waals surface area contributed by atoms with Crippen molar-refractivity contribution in [2.45, 2.75) is 65.2 Å². The van der Waals surface area contributed by atoms with Crippen LogP contribution < -0.4 is 4.74 Å². The molecule has 0 saturated carbocycles. The predicted octanol–water partition coefficient (Wildman–Crippen LogP) is 8.16. The van der Waals surface area contributed by atoms with Gasteiger partial charge in [-0.2, -0.15) is 10.2 Å². The molecule has 0 saturated heterocycles. The van der Waals surface area contributed by atoms with Crippen LogP contribution in [0.1, 0.15) is 64.2 Å². The van der Waals surface area contributed by atoms with Gasteiger partial charge in [-0.05, 0) is 99.0 Å². The Morgan fingerprint density at radius 3 is 2.60 bits per heavy atom.